The van der Waals surface area contributed by atoms with E-state index in [1.807, 2.05) is 19.1 Å². The van der Waals surface area contributed by atoms with E-state index < -0.39 is 0 Å². The molecule has 0 spiro atoms. The Balaban J connectivity index is 2.72. The summed E-state index contributed by atoms with van der Waals surface area (Å²) >= 11 is 0. The first-order chi connectivity index (χ1) is 5.38. The van der Waals surface area contributed by atoms with Crippen LogP contribution in [0.3, 0.4) is 0 Å². The first-order valence-electron chi connectivity index (χ1n) is 4.00. The Morgan fingerprint density at radius 2 is 2.09 bits per heavy atom. The third kappa shape index (κ3) is 2.00. The van der Waals surface area contributed by atoms with Crippen molar-refractivity contribution in [2.45, 2.75) is 20.3 Å². The van der Waals surface area contributed by atoms with Crippen molar-refractivity contribution >= 4 is 0 Å². The molecule has 0 unspecified atom stereocenters. The molecule has 0 amide bonds. The van der Waals surface area contributed by atoms with E-state index in [0.717, 1.165) is 17.9 Å². The number of ether oxygens (including phenoxy) is 2. The van der Waals surface area contributed by atoms with Gasteiger partial charge in [-0.2, -0.15) is 0 Å². The Bertz CT molecular complexity index is 180. The minimum absolute atomic E-state index is 0.670. The molecule has 0 aromatic rings. The molecule has 0 aliphatic carbocycles. The van der Waals surface area contributed by atoms with Gasteiger partial charge in [0.05, 0.1) is 0 Å². The van der Waals surface area contributed by atoms with E-state index in [9.17, 15) is 0 Å². The highest BCUT2D eigenvalue weighted by atomic mass is 16.6. The van der Waals surface area contributed by atoms with Crippen LogP contribution >= 0.6 is 0 Å². The monoisotopic (exact) mass is 154 g/mol. The Labute approximate surface area is 67.5 Å². The molecule has 1 aliphatic rings. The summed E-state index contributed by atoms with van der Waals surface area (Å²) in [4.78, 5) is 0. The summed E-state index contributed by atoms with van der Waals surface area (Å²) in [5, 5.41) is 0. The van der Waals surface area contributed by atoms with Crippen LogP contribution in [0.15, 0.2) is 23.7 Å². The van der Waals surface area contributed by atoms with Crippen LogP contribution in [-0.4, -0.2) is 13.2 Å². The maximum absolute atomic E-state index is 5.40. The summed E-state index contributed by atoms with van der Waals surface area (Å²) < 4.78 is 10.8. The van der Waals surface area contributed by atoms with Crippen LogP contribution in [0.2, 0.25) is 0 Å². The zero-order valence-electron chi connectivity index (χ0n) is 7.09. The van der Waals surface area contributed by atoms with E-state index in [2.05, 4.69) is 6.92 Å². The smallest absolute Gasteiger partial charge is 0.156 e. The van der Waals surface area contributed by atoms with Crippen molar-refractivity contribution in [2.24, 2.45) is 0 Å². The van der Waals surface area contributed by atoms with Gasteiger partial charge in [-0.15, -0.1) is 0 Å². The van der Waals surface area contributed by atoms with Crippen molar-refractivity contribution in [3.8, 4) is 0 Å². The Morgan fingerprint density at radius 1 is 1.36 bits per heavy atom. The average Bonchev–Trinajstić information content (AvgIpc) is 2.06. The zero-order valence-corrected chi connectivity index (χ0v) is 7.09. The van der Waals surface area contributed by atoms with Crippen LogP contribution in [0.5, 0.6) is 0 Å². The lowest BCUT2D eigenvalue weighted by Crippen LogP contribution is -2.12. The molecule has 2 heteroatoms. The molecule has 1 rings (SSSR count). The second kappa shape index (κ2) is 4.06. The third-order valence-corrected chi connectivity index (χ3v) is 1.53. The van der Waals surface area contributed by atoms with Crippen LogP contribution in [0, 0.1) is 0 Å². The van der Waals surface area contributed by atoms with Crippen molar-refractivity contribution in [3.05, 3.63) is 23.7 Å². The molecular formula is C9H14O2. The molecule has 11 heavy (non-hydrogen) atoms. The van der Waals surface area contributed by atoms with Crippen molar-refractivity contribution in [2.75, 3.05) is 13.2 Å². The predicted octanol–water partition coefficient (Wildman–Crippen LogP) is 2.23. The maximum Gasteiger partial charge on any atom is 0.156 e. The average molecular weight is 154 g/mol. The lowest BCUT2D eigenvalue weighted by Gasteiger charge is -2.19. The molecule has 0 saturated heterocycles. The molecule has 0 fully saturated rings. The van der Waals surface area contributed by atoms with Gasteiger partial charge in [0, 0.05) is 6.42 Å². The summed E-state index contributed by atoms with van der Waals surface area (Å²) in [5.41, 5.74) is 0. The first kappa shape index (κ1) is 8.18. The first-order valence-corrected chi connectivity index (χ1v) is 4.00. The van der Waals surface area contributed by atoms with Crippen LogP contribution in [0.4, 0.5) is 0 Å². The summed E-state index contributed by atoms with van der Waals surface area (Å²) in [6.45, 7) is 5.39. The molecule has 1 aliphatic heterocycles. The van der Waals surface area contributed by atoms with Gasteiger partial charge in [0.15, 0.2) is 5.76 Å². The lowest BCUT2D eigenvalue weighted by atomic mass is 10.3. The largest absolute Gasteiger partial charge is 0.491 e. The van der Waals surface area contributed by atoms with E-state index in [1.165, 1.54) is 0 Å². The molecule has 0 saturated carbocycles. The number of hydrogen-bond donors (Lipinski definition) is 0. The second-order valence-electron chi connectivity index (χ2n) is 2.34. The topological polar surface area (TPSA) is 18.5 Å². The van der Waals surface area contributed by atoms with Gasteiger partial charge in [-0.3, -0.25) is 0 Å². The summed E-state index contributed by atoms with van der Waals surface area (Å²) in [7, 11) is 0. The minimum atomic E-state index is 0.670. The fraction of sp³-hybridized carbons (Fsp3) is 0.556. The van der Waals surface area contributed by atoms with Gasteiger partial charge in [0.25, 0.3) is 0 Å². The molecule has 2 nitrogen and oxygen atoms in total. The van der Waals surface area contributed by atoms with Gasteiger partial charge in [0.2, 0.25) is 0 Å². The van der Waals surface area contributed by atoms with E-state index >= 15 is 0 Å². The molecule has 1 heterocycles. The highest BCUT2D eigenvalue weighted by molar-refractivity contribution is 5.16. The van der Waals surface area contributed by atoms with E-state index in [-0.39, 0.29) is 0 Å². The zero-order chi connectivity index (χ0) is 8.10. The summed E-state index contributed by atoms with van der Waals surface area (Å²) in [6.07, 6.45) is 4.80. The van der Waals surface area contributed by atoms with Crippen LogP contribution in [0.25, 0.3) is 0 Å². The highest BCUT2D eigenvalue weighted by Crippen LogP contribution is 2.17. The molecule has 0 aromatic carbocycles. The van der Waals surface area contributed by atoms with Crippen molar-refractivity contribution in [1.29, 1.82) is 0 Å². The predicted molar refractivity (Wildman–Crippen MR) is 44.0 cm³/mol. The Morgan fingerprint density at radius 3 is 2.73 bits per heavy atom. The molecule has 0 radical (unpaired) electrons. The van der Waals surface area contributed by atoms with Crippen molar-refractivity contribution in [1.82, 2.24) is 0 Å². The lowest BCUT2D eigenvalue weighted by molar-refractivity contribution is 0.0657. The third-order valence-electron chi connectivity index (χ3n) is 1.53. The Hall–Kier alpha value is -0.920. The fourth-order valence-corrected chi connectivity index (χ4v) is 1.04. The van der Waals surface area contributed by atoms with E-state index in [0.29, 0.717) is 13.2 Å². The SMILES string of the molecule is C/C=C\C1=C(CC)OCCO1. The molecule has 62 valence electrons. The number of allylic oxidation sites excluding steroid dienone is 3. The van der Waals surface area contributed by atoms with Crippen LogP contribution in [0.1, 0.15) is 20.3 Å². The molecule has 0 aromatic heterocycles. The maximum atomic E-state index is 5.40. The van der Waals surface area contributed by atoms with Crippen molar-refractivity contribution < 1.29 is 9.47 Å². The fourth-order valence-electron chi connectivity index (χ4n) is 1.04. The van der Waals surface area contributed by atoms with Gasteiger partial charge < -0.3 is 9.47 Å². The minimum Gasteiger partial charge on any atom is -0.491 e. The molecular weight excluding hydrogens is 140 g/mol. The number of rotatable bonds is 2. The number of hydrogen-bond acceptors (Lipinski definition) is 2. The van der Waals surface area contributed by atoms with Gasteiger partial charge in [-0.05, 0) is 13.0 Å². The second-order valence-corrected chi connectivity index (χ2v) is 2.34. The quantitative estimate of drug-likeness (QED) is 0.607. The summed E-state index contributed by atoms with van der Waals surface area (Å²) in [6, 6.07) is 0. The standard InChI is InChI=1S/C9H14O2/c1-3-5-9-8(4-2)10-6-7-11-9/h3,5H,4,6-7H2,1-2H3/b5-3-. The van der Waals surface area contributed by atoms with Crippen molar-refractivity contribution in [3.63, 3.8) is 0 Å². The van der Waals surface area contributed by atoms with Gasteiger partial charge in [-0.25, -0.2) is 0 Å². The molecule has 0 atom stereocenters. The van der Waals surface area contributed by atoms with Crippen LogP contribution < -0.4 is 0 Å². The van der Waals surface area contributed by atoms with E-state index in [4.69, 9.17) is 9.47 Å². The van der Waals surface area contributed by atoms with Gasteiger partial charge in [-0.1, -0.05) is 13.0 Å². The van der Waals surface area contributed by atoms with E-state index in [1.54, 1.807) is 0 Å². The molecule has 0 bridgehead atoms. The summed E-state index contributed by atoms with van der Waals surface area (Å²) in [5.74, 6) is 1.86. The highest BCUT2D eigenvalue weighted by Gasteiger charge is 2.09. The van der Waals surface area contributed by atoms with Gasteiger partial charge in [0.1, 0.15) is 19.0 Å². The Kier molecular flexibility index (Phi) is 3.02. The van der Waals surface area contributed by atoms with Crippen LogP contribution in [-0.2, 0) is 9.47 Å². The normalized spacial score (nSPS) is 18.4. The van der Waals surface area contributed by atoms with Gasteiger partial charge >= 0.3 is 0 Å². The molecule has 0 N–H and O–H groups in total.